The van der Waals surface area contributed by atoms with Gasteiger partial charge >= 0.3 is 0 Å². The molecule has 7 heteroatoms. The summed E-state index contributed by atoms with van der Waals surface area (Å²) in [7, 11) is 0. The van der Waals surface area contributed by atoms with Crippen LogP contribution in [0.4, 0.5) is 0 Å². The van der Waals surface area contributed by atoms with E-state index in [1.165, 1.54) is 15.5 Å². The molecule has 56 heavy (non-hydrogen) atoms. The Balaban J connectivity index is 1.04. The monoisotopic (exact) mass is 735 g/mol. The minimum absolute atomic E-state index is 0.640. The summed E-state index contributed by atoms with van der Waals surface area (Å²) in [5.74, 6) is 2.60. The zero-order valence-corrected chi connectivity index (χ0v) is 30.6. The van der Waals surface area contributed by atoms with E-state index in [0.29, 0.717) is 28.9 Å². The van der Waals surface area contributed by atoms with Crippen LogP contribution in [0.15, 0.2) is 180 Å². The van der Waals surface area contributed by atoms with Crippen molar-refractivity contribution in [1.82, 2.24) is 24.9 Å². The number of furan rings is 1. The number of para-hydroxylation sites is 1. The lowest BCUT2D eigenvalue weighted by atomic mass is 9.99. The van der Waals surface area contributed by atoms with E-state index in [4.69, 9.17) is 29.3 Å². The molecule has 7 aromatic carbocycles. The Morgan fingerprint density at radius 1 is 0.375 bits per heavy atom. The lowest BCUT2D eigenvalue weighted by molar-refractivity contribution is 0.667. The van der Waals surface area contributed by atoms with Gasteiger partial charge in [0, 0.05) is 53.4 Å². The number of fused-ring (bicyclic) bond motifs is 6. The molecule has 0 radical (unpaired) electrons. The van der Waals surface area contributed by atoms with E-state index < -0.39 is 0 Å². The molecule has 0 fully saturated rings. The van der Waals surface area contributed by atoms with Gasteiger partial charge in [0.05, 0.1) is 0 Å². The summed E-state index contributed by atoms with van der Waals surface area (Å²) in [6.07, 6.45) is 0. The van der Waals surface area contributed by atoms with Crippen LogP contribution in [-0.2, 0) is 0 Å². The highest BCUT2D eigenvalue weighted by Gasteiger charge is 2.20. The van der Waals surface area contributed by atoms with Crippen LogP contribution in [-0.4, -0.2) is 24.9 Å². The molecular weight excluding hydrogens is 707 g/mol. The van der Waals surface area contributed by atoms with Gasteiger partial charge in [-0.05, 0) is 35.4 Å². The average molecular weight is 736 g/mol. The molecule has 11 aromatic rings. The molecule has 4 aromatic heterocycles. The summed E-state index contributed by atoms with van der Waals surface area (Å²) in [4.78, 5) is 25.0. The molecule has 0 aliphatic rings. The van der Waals surface area contributed by atoms with Gasteiger partial charge in [0.1, 0.15) is 16.8 Å². The third-order valence-corrected chi connectivity index (χ3v) is 11.4. The lowest BCUT2D eigenvalue weighted by Crippen LogP contribution is -1.99. The maximum absolute atomic E-state index is 6.46. The Hall–Kier alpha value is -7.35. The van der Waals surface area contributed by atoms with Gasteiger partial charge in [-0.15, -0.1) is 11.3 Å². The zero-order chi connectivity index (χ0) is 37.0. The quantitative estimate of drug-likeness (QED) is 0.169. The van der Waals surface area contributed by atoms with Gasteiger partial charge in [0.15, 0.2) is 28.9 Å². The average Bonchev–Trinajstić information content (AvgIpc) is 3.85. The second-order valence-corrected chi connectivity index (χ2v) is 14.7. The van der Waals surface area contributed by atoms with Crippen molar-refractivity contribution in [1.29, 1.82) is 0 Å². The van der Waals surface area contributed by atoms with Crippen LogP contribution in [0.1, 0.15) is 0 Å². The number of aromatic nitrogens is 5. The fourth-order valence-electron chi connectivity index (χ4n) is 7.44. The fraction of sp³-hybridized carbons (Fsp3) is 0. The zero-order valence-electron chi connectivity index (χ0n) is 29.8. The smallest absolute Gasteiger partial charge is 0.180 e. The summed E-state index contributed by atoms with van der Waals surface area (Å²) in [5, 5.41) is 3.37. The molecule has 0 bridgehead atoms. The first-order valence-electron chi connectivity index (χ1n) is 18.4. The molecule has 0 aliphatic carbocycles. The Morgan fingerprint density at radius 3 is 1.62 bits per heavy atom. The molecule has 4 heterocycles. The molecular formula is C49H29N5OS. The molecule has 0 unspecified atom stereocenters. The van der Waals surface area contributed by atoms with E-state index >= 15 is 0 Å². The van der Waals surface area contributed by atoms with Crippen molar-refractivity contribution >= 4 is 53.6 Å². The summed E-state index contributed by atoms with van der Waals surface area (Å²) in [6, 6.07) is 60.0. The van der Waals surface area contributed by atoms with E-state index in [-0.39, 0.29) is 0 Å². The number of hydrogen-bond donors (Lipinski definition) is 0. The topological polar surface area (TPSA) is 77.6 Å². The van der Waals surface area contributed by atoms with Crippen molar-refractivity contribution in [2.45, 2.75) is 0 Å². The number of benzene rings is 7. The van der Waals surface area contributed by atoms with Gasteiger partial charge in [0.25, 0.3) is 0 Å². The molecule has 0 aliphatic heterocycles. The van der Waals surface area contributed by atoms with Crippen molar-refractivity contribution < 1.29 is 4.42 Å². The van der Waals surface area contributed by atoms with Crippen LogP contribution in [0.2, 0.25) is 0 Å². The van der Waals surface area contributed by atoms with E-state index in [1.807, 2.05) is 109 Å². The van der Waals surface area contributed by atoms with Crippen LogP contribution >= 0.6 is 11.3 Å². The molecule has 0 atom stereocenters. The van der Waals surface area contributed by atoms with Gasteiger partial charge < -0.3 is 4.42 Å². The first kappa shape index (κ1) is 32.1. The van der Waals surface area contributed by atoms with E-state index in [2.05, 4.69) is 66.7 Å². The van der Waals surface area contributed by atoms with Crippen molar-refractivity contribution in [3.63, 3.8) is 0 Å². The molecule has 6 nitrogen and oxygen atoms in total. The maximum atomic E-state index is 6.46. The normalized spacial score (nSPS) is 11.6. The van der Waals surface area contributed by atoms with Crippen molar-refractivity contribution in [2.24, 2.45) is 0 Å². The van der Waals surface area contributed by atoms with Gasteiger partial charge in [-0.1, -0.05) is 152 Å². The highest BCUT2D eigenvalue weighted by molar-refractivity contribution is 7.26. The first-order chi connectivity index (χ1) is 27.7. The van der Waals surface area contributed by atoms with E-state index in [0.717, 1.165) is 65.8 Å². The summed E-state index contributed by atoms with van der Waals surface area (Å²) < 4.78 is 8.84. The predicted octanol–water partition coefficient (Wildman–Crippen LogP) is 12.9. The van der Waals surface area contributed by atoms with Crippen LogP contribution in [0, 0.1) is 0 Å². The third-order valence-electron chi connectivity index (χ3n) is 10.2. The maximum Gasteiger partial charge on any atom is 0.180 e. The predicted molar refractivity (Wildman–Crippen MR) is 228 cm³/mol. The Kier molecular flexibility index (Phi) is 7.57. The van der Waals surface area contributed by atoms with Crippen molar-refractivity contribution in [3.8, 4) is 67.9 Å². The summed E-state index contributed by atoms with van der Waals surface area (Å²) in [5.41, 5.74) is 10.1. The summed E-state index contributed by atoms with van der Waals surface area (Å²) >= 11 is 1.78. The first-order valence-corrected chi connectivity index (χ1v) is 19.2. The second-order valence-electron chi connectivity index (χ2n) is 13.7. The molecule has 0 N–H and O–H groups in total. The number of hydrogen-bond acceptors (Lipinski definition) is 7. The second kappa shape index (κ2) is 13.2. The molecule has 262 valence electrons. The lowest BCUT2D eigenvalue weighted by Gasteiger charge is -2.09. The standard InChI is InChI=1S/C49H29N5OS/c1-4-14-30(15-5-1)46-50-42(44-43(51-46)39-22-10-11-25-40(39)55-44)34-21-12-20-33(28-34)36-23-13-24-38-37-27-26-35(29-41(37)56-45(36)38)49-53-47(31-16-6-2-7-17-31)52-48(54-49)32-18-8-3-9-19-32/h1-29H. The molecule has 0 spiro atoms. The van der Waals surface area contributed by atoms with Gasteiger partial charge in [-0.25, -0.2) is 24.9 Å². The molecule has 0 saturated carbocycles. The Labute approximate surface area is 325 Å². The van der Waals surface area contributed by atoms with Crippen LogP contribution in [0.5, 0.6) is 0 Å². The van der Waals surface area contributed by atoms with Crippen LogP contribution < -0.4 is 0 Å². The third kappa shape index (κ3) is 5.52. The minimum Gasteiger partial charge on any atom is -0.452 e. The number of thiophene rings is 1. The highest BCUT2D eigenvalue weighted by atomic mass is 32.1. The van der Waals surface area contributed by atoms with Crippen molar-refractivity contribution in [2.75, 3.05) is 0 Å². The molecule has 0 amide bonds. The van der Waals surface area contributed by atoms with Crippen molar-refractivity contribution in [3.05, 3.63) is 176 Å². The van der Waals surface area contributed by atoms with Crippen LogP contribution in [0.25, 0.3) is 110 Å². The van der Waals surface area contributed by atoms with Gasteiger partial charge in [0.2, 0.25) is 0 Å². The van der Waals surface area contributed by atoms with Crippen LogP contribution in [0.3, 0.4) is 0 Å². The van der Waals surface area contributed by atoms with E-state index in [9.17, 15) is 0 Å². The van der Waals surface area contributed by atoms with E-state index in [1.54, 1.807) is 11.3 Å². The number of rotatable bonds is 6. The molecule has 11 rings (SSSR count). The van der Waals surface area contributed by atoms with Gasteiger partial charge in [-0.2, -0.15) is 0 Å². The molecule has 0 saturated heterocycles. The van der Waals surface area contributed by atoms with Gasteiger partial charge in [-0.3, -0.25) is 0 Å². The SMILES string of the molecule is c1ccc(-c2nc(-c3ccccc3)nc(-c3ccc4c(c3)sc3c(-c5cccc(-c6nc(-c7ccccc7)nc7c6oc6ccccc67)c5)cccc34)n2)cc1. The highest BCUT2D eigenvalue weighted by Crippen LogP contribution is 2.43. The number of nitrogens with zero attached hydrogens (tertiary/aromatic N) is 5. The summed E-state index contributed by atoms with van der Waals surface area (Å²) in [6.45, 7) is 0. The largest absolute Gasteiger partial charge is 0.452 e. The minimum atomic E-state index is 0.640. The Morgan fingerprint density at radius 2 is 0.929 bits per heavy atom. The fourth-order valence-corrected chi connectivity index (χ4v) is 8.72. The Bertz CT molecular complexity index is 3190.